The number of nitrogens with one attached hydrogen (secondary N) is 2. The van der Waals surface area contributed by atoms with Crippen molar-refractivity contribution < 1.29 is 9.84 Å². The molecule has 5 heteroatoms. The largest absolute Gasteiger partial charge is 0.490 e. The number of rotatable bonds is 8. The predicted molar refractivity (Wildman–Crippen MR) is 106 cm³/mol. The number of hydrogen-bond donors (Lipinski definition) is 3. The first-order chi connectivity index (χ1) is 12.6. The van der Waals surface area contributed by atoms with Gasteiger partial charge in [-0.3, -0.25) is 0 Å². The number of hydrogen-bond acceptors (Lipinski definition) is 3. The molecule has 2 fully saturated rings. The molecule has 0 saturated heterocycles. The predicted octanol–water partition coefficient (Wildman–Crippen LogP) is 3.14. The van der Waals surface area contributed by atoms with Crippen LogP contribution >= 0.6 is 0 Å². The molecule has 2 saturated carbocycles. The van der Waals surface area contributed by atoms with Crippen LogP contribution in [0.3, 0.4) is 0 Å². The second-order valence-corrected chi connectivity index (χ2v) is 7.84. The Morgan fingerprint density at radius 2 is 2.04 bits per heavy atom. The van der Waals surface area contributed by atoms with Crippen molar-refractivity contribution in [3.63, 3.8) is 0 Å². The Morgan fingerprint density at radius 3 is 2.69 bits per heavy atom. The first-order valence-corrected chi connectivity index (χ1v) is 10.0. The van der Waals surface area contributed by atoms with Crippen molar-refractivity contribution in [2.45, 2.75) is 65.0 Å². The highest BCUT2D eigenvalue weighted by Gasteiger charge is 2.41. The molecule has 0 heterocycles. The normalized spacial score (nSPS) is 19.4. The third kappa shape index (κ3) is 5.13. The van der Waals surface area contributed by atoms with Crippen molar-refractivity contribution >= 4 is 5.96 Å². The van der Waals surface area contributed by atoms with E-state index in [1.807, 2.05) is 0 Å². The zero-order valence-corrected chi connectivity index (χ0v) is 16.2. The summed E-state index contributed by atoms with van der Waals surface area (Å²) in [5, 5.41) is 16.2. The van der Waals surface area contributed by atoms with Gasteiger partial charge in [0, 0.05) is 24.1 Å². The number of benzene rings is 1. The molecule has 26 heavy (non-hydrogen) atoms. The van der Waals surface area contributed by atoms with Crippen LogP contribution in [0.2, 0.25) is 0 Å². The highest BCUT2D eigenvalue weighted by atomic mass is 16.5. The summed E-state index contributed by atoms with van der Waals surface area (Å²) in [4.78, 5) is 4.75. The minimum Gasteiger partial charge on any atom is -0.490 e. The van der Waals surface area contributed by atoms with Gasteiger partial charge in [-0.2, -0.15) is 0 Å². The first-order valence-electron chi connectivity index (χ1n) is 10.0. The van der Waals surface area contributed by atoms with Gasteiger partial charge in [0.15, 0.2) is 5.96 Å². The molecule has 0 atom stereocenters. The quantitative estimate of drug-likeness (QED) is 0.493. The van der Waals surface area contributed by atoms with E-state index >= 15 is 0 Å². The molecule has 0 bridgehead atoms. The van der Waals surface area contributed by atoms with E-state index in [2.05, 4.69) is 42.7 Å². The molecule has 2 aliphatic carbocycles. The van der Waals surface area contributed by atoms with Gasteiger partial charge in [0.25, 0.3) is 0 Å². The molecule has 2 aliphatic rings. The number of aliphatic hydroxyl groups excluding tert-OH is 1. The molecule has 3 N–H and O–H groups in total. The van der Waals surface area contributed by atoms with Gasteiger partial charge in [-0.05, 0) is 64.0 Å². The lowest BCUT2D eigenvalue weighted by Crippen LogP contribution is -2.41. The smallest absolute Gasteiger partial charge is 0.191 e. The molecule has 144 valence electrons. The van der Waals surface area contributed by atoms with Crippen LogP contribution in [0.25, 0.3) is 0 Å². The summed E-state index contributed by atoms with van der Waals surface area (Å²) in [6, 6.07) is 6.38. The summed E-state index contributed by atoms with van der Waals surface area (Å²) in [7, 11) is 0. The van der Waals surface area contributed by atoms with Gasteiger partial charge >= 0.3 is 0 Å². The number of aryl methyl sites for hydroxylation is 1. The van der Waals surface area contributed by atoms with E-state index in [9.17, 15) is 5.11 Å². The van der Waals surface area contributed by atoms with Gasteiger partial charge in [-0.15, -0.1) is 0 Å². The molecule has 1 aromatic rings. The van der Waals surface area contributed by atoms with E-state index in [1.165, 1.54) is 18.4 Å². The van der Waals surface area contributed by atoms with Crippen molar-refractivity contribution in [3.05, 3.63) is 29.3 Å². The number of aliphatic hydroxyl groups is 1. The summed E-state index contributed by atoms with van der Waals surface area (Å²) >= 11 is 0. The lowest BCUT2D eigenvalue weighted by molar-refractivity contribution is 0.208. The Balaban J connectivity index is 1.65. The maximum atomic E-state index is 9.49. The van der Waals surface area contributed by atoms with E-state index in [4.69, 9.17) is 9.73 Å². The second-order valence-electron chi connectivity index (χ2n) is 7.84. The topological polar surface area (TPSA) is 65.9 Å². The zero-order valence-electron chi connectivity index (χ0n) is 16.2. The average molecular weight is 360 g/mol. The van der Waals surface area contributed by atoms with Gasteiger partial charge in [-0.25, -0.2) is 4.99 Å². The van der Waals surface area contributed by atoms with Crippen molar-refractivity contribution in [1.29, 1.82) is 0 Å². The van der Waals surface area contributed by atoms with E-state index in [1.54, 1.807) is 0 Å². The summed E-state index contributed by atoms with van der Waals surface area (Å²) in [5.41, 5.74) is 2.41. The van der Waals surface area contributed by atoms with Crippen LogP contribution in [-0.2, 0) is 6.54 Å². The summed E-state index contributed by atoms with van der Waals surface area (Å²) < 4.78 is 6.28. The van der Waals surface area contributed by atoms with Crippen molar-refractivity contribution in [2.75, 3.05) is 19.7 Å². The standard InChI is InChI=1S/C21H33N3O2/c1-3-22-20(24-14-21(15-25)10-11-21)23-13-17-9-8-16(2)12-19(17)26-18-6-4-5-7-18/h8-9,12,18,25H,3-7,10-11,13-15H2,1-2H3,(H2,22,23,24). The van der Waals surface area contributed by atoms with Crippen LogP contribution < -0.4 is 15.4 Å². The molecule has 5 nitrogen and oxygen atoms in total. The maximum Gasteiger partial charge on any atom is 0.191 e. The SMILES string of the molecule is CCNC(=NCc1ccc(C)cc1OC1CCCC1)NCC1(CO)CC1. The fraction of sp³-hybridized carbons (Fsp3) is 0.667. The second kappa shape index (κ2) is 8.76. The number of nitrogens with zero attached hydrogens (tertiary/aromatic N) is 1. The minimum atomic E-state index is 0.0663. The van der Waals surface area contributed by atoms with Crippen LogP contribution in [0.5, 0.6) is 5.75 Å². The molecule has 0 aliphatic heterocycles. The van der Waals surface area contributed by atoms with Gasteiger partial charge in [-0.1, -0.05) is 12.1 Å². The molecular formula is C21H33N3O2. The lowest BCUT2D eigenvalue weighted by atomic mass is 10.1. The Morgan fingerprint density at radius 1 is 1.27 bits per heavy atom. The number of guanidine groups is 1. The lowest BCUT2D eigenvalue weighted by Gasteiger charge is -2.18. The third-order valence-corrected chi connectivity index (χ3v) is 5.49. The third-order valence-electron chi connectivity index (χ3n) is 5.49. The highest BCUT2D eigenvalue weighted by molar-refractivity contribution is 5.79. The van der Waals surface area contributed by atoms with Crippen molar-refractivity contribution in [3.8, 4) is 5.75 Å². The number of ether oxygens (including phenoxy) is 1. The van der Waals surface area contributed by atoms with E-state index < -0.39 is 0 Å². The number of aliphatic imine (C=N–C) groups is 1. The Hall–Kier alpha value is -1.75. The summed E-state index contributed by atoms with van der Waals surface area (Å²) in [5.74, 6) is 1.78. The van der Waals surface area contributed by atoms with Gasteiger partial charge < -0.3 is 20.5 Å². The fourth-order valence-electron chi connectivity index (χ4n) is 3.43. The molecule has 0 amide bonds. The molecule has 0 aromatic heterocycles. The van der Waals surface area contributed by atoms with Crippen LogP contribution in [0.1, 0.15) is 56.6 Å². The molecule has 0 unspecified atom stereocenters. The van der Waals surface area contributed by atoms with Crippen LogP contribution in [0.4, 0.5) is 0 Å². The van der Waals surface area contributed by atoms with E-state index in [-0.39, 0.29) is 12.0 Å². The highest BCUT2D eigenvalue weighted by Crippen LogP contribution is 2.44. The molecule has 3 rings (SSSR count). The van der Waals surface area contributed by atoms with E-state index in [0.717, 1.165) is 56.0 Å². The molecule has 0 spiro atoms. The monoisotopic (exact) mass is 359 g/mol. The Labute approximate surface area is 157 Å². The summed E-state index contributed by atoms with van der Waals surface area (Å²) in [6.45, 7) is 6.59. The Bertz CT molecular complexity index is 620. The van der Waals surface area contributed by atoms with Gasteiger partial charge in [0.2, 0.25) is 0 Å². The first kappa shape index (κ1) is 19.0. The molecular weight excluding hydrogens is 326 g/mol. The van der Waals surface area contributed by atoms with Crippen molar-refractivity contribution in [2.24, 2.45) is 10.4 Å². The maximum absolute atomic E-state index is 9.49. The average Bonchev–Trinajstić information content (AvgIpc) is 3.25. The van der Waals surface area contributed by atoms with Crippen LogP contribution in [-0.4, -0.2) is 36.9 Å². The van der Waals surface area contributed by atoms with Gasteiger partial charge in [0.1, 0.15) is 5.75 Å². The van der Waals surface area contributed by atoms with Crippen LogP contribution in [0.15, 0.2) is 23.2 Å². The molecule has 0 radical (unpaired) electrons. The van der Waals surface area contributed by atoms with E-state index in [0.29, 0.717) is 12.6 Å². The molecule has 1 aromatic carbocycles. The zero-order chi connectivity index (χ0) is 18.4. The minimum absolute atomic E-state index is 0.0663. The van der Waals surface area contributed by atoms with Gasteiger partial charge in [0.05, 0.1) is 19.3 Å². The summed E-state index contributed by atoms with van der Waals surface area (Å²) in [6.07, 6.45) is 7.38. The fourth-order valence-corrected chi connectivity index (χ4v) is 3.43. The van der Waals surface area contributed by atoms with Crippen LogP contribution in [0, 0.1) is 12.3 Å². The van der Waals surface area contributed by atoms with Crippen molar-refractivity contribution in [1.82, 2.24) is 10.6 Å². The Kier molecular flexibility index (Phi) is 6.41.